The van der Waals surface area contributed by atoms with E-state index in [1.165, 1.54) is 5.56 Å². The minimum atomic E-state index is 0.526. The molecule has 3 rings (SSSR count). The number of nitrogens with one attached hydrogen (secondary N) is 2. The summed E-state index contributed by atoms with van der Waals surface area (Å²) < 4.78 is 5.16. The Balaban J connectivity index is 1.79. The van der Waals surface area contributed by atoms with Crippen LogP contribution in [0.5, 0.6) is 5.75 Å². The molecule has 0 fully saturated rings. The van der Waals surface area contributed by atoms with Crippen LogP contribution >= 0.6 is 11.6 Å². The summed E-state index contributed by atoms with van der Waals surface area (Å²) in [7, 11) is 1.59. The van der Waals surface area contributed by atoms with Gasteiger partial charge in [-0.2, -0.15) is 4.98 Å². The Labute approximate surface area is 152 Å². The van der Waals surface area contributed by atoms with E-state index < -0.39 is 0 Å². The van der Waals surface area contributed by atoms with Crippen LogP contribution in [0.1, 0.15) is 11.1 Å². The average molecular weight is 355 g/mol. The van der Waals surface area contributed by atoms with Crippen LogP contribution in [-0.4, -0.2) is 17.1 Å². The summed E-state index contributed by atoms with van der Waals surface area (Å²) in [5.41, 5.74) is 4.12. The zero-order valence-corrected chi connectivity index (χ0v) is 15.1. The van der Waals surface area contributed by atoms with Gasteiger partial charge in [-0.25, -0.2) is 4.98 Å². The van der Waals surface area contributed by atoms with Crippen molar-refractivity contribution in [3.8, 4) is 5.75 Å². The highest BCUT2D eigenvalue weighted by molar-refractivity contribution is 6.32. The Morgan fingerprint density at radius 3 is 2.60 bits per heavy atom. The van der Waals surface area contributed by atoms with Crippen LogP contribution in [0.3, 0.4) is 0 Å². The highest BCUT2D eigenvalue weighted by Gasteiger charge is 2.05. The second kappa shape index (κ2) is 7.40. The Bertz CT molecular complexity index is 898. The Morgan fingerprint density at radius 2 is 1.84 bits per heavy atom. The van der Waals surface area contributed by atoms with Crippen LogP contribution in [-0.2, 0) is 0 Å². The maximum atomic E-state index is 6.16. The largest absolute Gasteiger partial charge is 0.495 e. The molecule has 1 heterocycles. The Morgan fingerprint density at radius 1 is 1.00 bits per heavy atom. The Kier molecular flexibility index (Phi) is 5.05. The van der Waals surface area contributed by atoms with Crippen molar-refractivity contribution >= 4 is 34.7 Å². The summed E-state index contributed by atoms with van der Waals surface area (Å²) in [5.74, 6) is 1.83. The van der Waals surface area contributed by atoms with Gasteiger partial charge in [0.25, 0.3) is 0 Å². The van der Waals surface area contributed by atoms with Crippen molar-refractivity contribution in [3.63, 3.8) is 0 Å². The topological polar surface area (TPSA) is 59.1 Å². The van der Waals surface area contributed by atoms with Gasteiger partial charge in [-0.1, -0.05) is 23.7 Å². The quantitative estimate of drug-likeness (QED) is 0.656. The molecule has 6 heteroatoms. The van der Waals surface area contributed by atoms with Crippen molar-refractivity contribution in [3.05, 3.63) is 64.8 Å². The summed E-state index contributed by atoms with van der Waals surface area (Å²) in [6.07, 6.45) is 1.70. The fraction of sp³-hybridized carbons (Fsp3) is 0.158. The predicted molar refractivity (Wildman–Crippen MR) is 103 cm³/mol. The minimum absolute atomic E-state index is 0.526. The van der Waals surface area contributed by atoms with Crippen molar-refractivity contribution in [1.29, 1.82) is 0 Å². The van der Waals surface area contributed by atoms with E-state index in [1.54, 1.807) is 31.5 Å². The monoisotopic (exact) mass is 354 g/mol. The smallest absolute Gasteiger partial charge is 0.229 e. The normalized spacial score (nSPS) is 10.4. The maximum Gasteiger partial charge on any atom is 0.229 e. The standard InChI is InChI=1S/C19H19ClN4O/c1-12-4-5-13(2)16(10-12)23-19-21-9-8-18(24-19)22-14-6-7-17(25-3)15(20)11-14/h4-11H,1-3H3,(H2,21,22,23,24). The van der Waals surface area contributed by atoms with Gasteiger partial charge in [0, 0.05) is 17.6 Å². The first-order valence-corrected chi connectivity index (χ1v) is 8.21. The summed E-state index contributed by atoms with van der Waals surface area (Å²) >= 11 is 6.16. The third-order valence-electron chi connectivity index (χ3n) is 3.72. The summed E-state index contributed by atoms with van der Waals surface area (Å²) in [4.78, 5) is 8.78. The first kappa shape index (κ1) is 17.0. The molecule has 1 aromatic heterocycles. The molecule has 5 nitrogen and oxygen atoms in total. The molecule has 0 spiro atoms. The van der Waals surface area contributed by atoms with Crippen molar-refractivity contribution < 1.29 is 4.74 Å². The number of methoxy groups -OCH3 is 1. The highest BCUT2D eigenvalue weighted by atomic mass is 35.5. The van der Waals surface area contributed by atoms with Gasteiger partial charge in [-0.05, 0) is 55.3 Å². The molecule has 128 valence electrons. The van der Waals surface area contributed by atoms with Crippen molar-refractivity contribution in [2.45, 2.75) is 13.8 Å². The number of benzene rings is 2. The van der Waals surface area contributed by atoms with Gasteiger partial charge in [0.2, 0.25) is 5.95 Å². The minimum Gasteiger partial charge on any atom is -0.495 e. The van der Waals surface area contributed by atoms with Gasteiger partial charge < -0.3 is 15.4 Å². The van der Waals surface area contributed by atoms with Gasteiger partial charge in [0.05, 0.1) is 12.1 Å². The molecule has 0 saturated carbocycles. The fourth-order valence-corrected chi connectivity index (χ4v) is 2.63. The molecule has 0 aliphatic carbocycles. The van der Waals surface area contributed by atoms with Gasteiger partial charge in [-0.15, -0.1) is 0 Å². The highest BCUT2D eigenvalue weighted by Crippen LogP contribution is 2.28. The van der Waals surface area contributed by atoms with Crippen molar-refractivity contribution in [2.75, 3.05) is 17.7 Å². The van der Waals surface area contributed by atoms with Crippen molar-refractivity contribution in [1.82, 2.24) is 9.97 Å². The first-order valence-electron chi connectivity index (χ1n) is 7.83. The summed E-state index contributed by atoms with van der Waals surface area (Å²) in [6, 6.07) is 13.5. The fourth-order valence-electron chi connectivity index (χ4n) is 2.37. The lowest BCUT2D eigenvalue weighted by Gasteiger charge is -2.11. The van der Waals surface area contributed by atoms with Crippen LogP contribution in [0.2, 0.25) is 5.02 Å². The molecule has 0 bridgehead atoms. The molecule has 3 aromatic rings. The van der Waals surface area contributed by atoms with E-state index in [0.717, 1.165) is 16.9 Å². The number of ether oxygens (including phenoxy) is 1. The zero-order chi connectivity index (χ0) is 17.8. The molecule has 2 aromatic carbocycles. The lowest BCUT2D eigenvalue weighted by Crippen LogP contribution is -2.01. The van der Waals surface area contributed by atoms with Gasteiger partial charge in [0.15, 0.2) is 0 Å². The van der Waals surface area contributed by atoms with E-state index in [4.69, 9.17) is 16.3 Å². The van der Waals surface area contributed by atoms with E-state index >= 15 is 0 Å². The van der Waals surface area contributed by atoms with Gasteiger partial charge in [0.1, 0.15) is 11.6 Å². The molecule has 2 N–H and O–H groups in total. The number of nitrogens with zero attached hydrogens (tertiary/aromatic N) is 2. The average Bonchev–Trinajstić information content (AvgIpc) is 2.59. The third-order valence-corrected chi connectivity index (χ3v) is 4.01. The zero-order valence-electron chi connectivity index (χ0n) is 14.3. The predicted octanol–water partition coefficient (Wildman–Crippen LogP) is 5.24. The van der Waals surface area contributed by atoms with Crippen LogP contribution < -0.4 is 15.4 Å². The molecular formula is C19H19ClN4O. The van der Waals surface area contributed by atoms with Crippen LogP contribution in [0.4, 0.5) is 23.1 Å². The van der Waals surface area contributed by atoms with Crippen LogP contribution in [0.25, 0.3) is 0 Å². The van der Waals surface area contributed by atoms with E-state index in [-0.39, 0.29) is 0 Å². The SMILES string of the molecule is COc1ccc(Nc2ccnc(Nc3cc(C)ccc3C)n2)cc1Cl. The molecule has 0 radical (unpaired) electrons. The van der Waals surface area contributed by atoms with E-state index in [9.17, 15) is 0 Å². The van der Waals surface area contributed by atoms with Gasteiger partial charge >= 0.3 is 0 Å². The summed E-state index contributed by atoms with van der Waals surface area (Å²) in [6.45, 7) is 4.10. The lowest BCUT2D eigenvalue weighted by molar-refractivity contribution is 0.415. The lowest BCUT2D eigenvalue weighted by atomic mass is 10.1. The first-order chi connectivity index (χ1) is 12.0. The number of aromatic nitrogens is 2. The molecule has 0 saturated heterocycles. The van der Waals surface area contributed by atoms with E-state index in [1.807, 2.05) is 13.0 Å². The van der Waals surface area contributed by atoms with E-state index in [0.29, 0.717) is 22.5 Å². The molecule has 0 aliphatic heterocycles. The number of rotatable bonds is 5. The third kappa shape index (κ3) is 4.19. The molecule has 0 unspecified atom stereocenters. The number of hydrogen-bond acceptors (Lipinski definition) is 5. The summed E-state index contributed by atoms with van der Waals surface area (Å²) in [5, 5.41) is 7.01. The van der Waals surface area contributed by atoms with Gasteiger partial charge in [-0.3, -0.25) is 0 Å². The number of halogens is 1. The molecule has 0 amide bonds. The number of aryl methyl sites for hydroxylation is 2. The van der Waals surface area contributed by atoms with Crippen LogP contribution in [0, 0.1) is 13.8 Å². The Hall–Kier alpha value is -2.79. The number of hydrogen-bond donors (Lipinski definition) is 2. The molecular weight excluding hydrogens is 336 g/mol. The molecule has 25 heavy (non-hydrogen) atoms. The second-order valence-electron chi connectivity index (χ2n) is 5.68. The van der Waals surface area contributed by atoms with Crippen molar-refractivity contribution in [2.24, 2.45) is 0 Å². The maximum absolute atomic E-state index is 6.16. The van der Waals surface area contributed by atoms with Crippen LogP contribution in [0.15, 0.2) is 48.7 Å². The van der Waals surface area contributed by atoms with E-state index in [2.05, 4.69) is 45.7 Å². The molecule has 0 aliphatic rings. The molecule has 0 atom stereocenters. The number of anilines is 4. The second-order valence-corrected chi connectivity index (χ2v) is 6.09.